The number of amides is 1. The summed E-state index contributed by atoms with van der Waals surface area (Å²) in [5.41, 5.74) is 3.21. The van der Waals surface area contributed by atoms with Crippen LogP contribution in [0.4, 0.5) is 11.6 Å². The van der Waals surface area contributed by atoms with Crippen molar-refractivity contribution in [3.05, 3.63) is 47.3 Å². The van der Waals surface area contributed by atoms with Gasteiger partial charge in [0.1, 0.15) is 0 Å². The number of benzene rings is 1. The van der Waals surface area contributed by atoms with E-state index in [0.29, 0.717) is 37.5 Å². The first-order valence-corrected chi connectivity index (χ1v) is 10.4. The second-order valence-electron chi connectivity index (χ2n) is 7.47. The van der Waals surface area contributed by atoms with Crippen molar-refractivity contribution in [3.63, 3.8) is 0 Å². The maximum atomic E-state index is 12.7. The number of nitrogens with one attached hydrogen (secondary N) is 1. The molecule has 1 N–H and O–H groups in total. The van der Waals surface area contributed by atoms with E-state index in [2.05, 4.69) is 15.2 Å². The zero-order valence-electron chi connectivity index (χ0n) is 17.1. The van der Waals surface area contributed by atoms with Crippen molar-refractivity contribution in [1.82, 2.24) is 9.97 Å². The van der Waals surface area contributed by atoms with Gasteiger partial charge in [0.2, 0.25) is 11.9 Å². The number of anilines is 2. The number of nitrogens with zero attached hydrogens (tertiary/aromatic N) is 3. The molecule has 1 amide bonds. The Balaban J connectivity index is 1.37. The summed E-state index contributed by atoms with van der Waals surface area (Å²) < 4.78 is 10.4. The van der Waals surface area contributed by atoms with Crippen LogP contribution in [0.1, 0.15) is 35.0 Å². The standard InChI is InChI=1S/C22H26N4O4/c1-2-30-21(28)15-3-6-18(7-4-15)24-20(27)16-5-8-19-17(13-16)14-23-22(25-19)26-9-11-29-12-10-26/h3-4,6-7,14,16H,2,5,8-13H2,1H3,(H,24,27)/t16-/m1/s1. The van der Waals surface area contributed by atoms with E-state index in [1.165, 1.54) is 0 Å². The maximum absolute atomic E-state index is 12.7. The first kappa shape index (κ1) is 20.3. The normalized spacial score (nSPS) is 18.4. The lowest BCUT2D eigenvalue weighted by atomic mass is 9.86. The van der Waals surface area contributed by atoms with E-state index in [9.17, 15) is 9.59 Å². The van der Waals surface area contributed by atoms with E-state index < -0.39 is 0 Å². The van der Waals surface area contributed by atoms with Crippen LogP contribution in [0.3, 0.4) is 0 Å². The van der Waals surface area contributed by atoms with Gasteiger partial charge < -0.3 is 19.7 Å². The van der Waals surface area contributed by atoms with Crippen LogP contribution in [0.15, 0.2) is 30.5 Å². The molecular formula is C22H26N4O4. The molecule has 0 spiro atoms. The minimum absolute atomic E-state index is 0.0261. The lowest BCUT2D eigenvalue weighted by molar-refractivity contribution is -0.120. The highest BCUT2D eigenvalue weighted by atomic mass is 16.5. The predicted octanol–water partition coefficient (Wildman–Crippen LogP) is 2.23. The van der Waals surface area contributed by atoms with E-state index in [-0.39, 0.29) is 17.8 Å². The molecule has 1 aliphatic heterocycles. The quantitative estimate of drug-likeness (QED) is 0.756. The summed E-state index contributed by atoms with van der Waals surface area (Å²) in [6.45, 7) is 5.10. The van der Waals surface area contributed by atoms with Gasteiger partial charge in [0.05, 0.1) is 25.4 Å². The van der Waals surface area contributed by atoms with Crippen molar-refractivity contribution in [1.29, 1.82) is 0 Å². The number of hydrogen-bond donors (Lipinski definition) is 1. The van der Waals surface area contributed by atoms with Gasteiger partial charge in [-0.05, 0) is 56.0 Å². The molecule has 4 rings (SSSR count). The fraction of sp³-hybridized carbons (Fsp3) is 0.455. The molecule has 2 heterocycles. The van der Waals surface area contributed by atoms with Crippen LogP contribution in [0.2, 0.25) is 0 Å². The lowest BCUT2D eigenvalue weighted by Gasteiger charge is -2.28. The molecule has 0 bridgehead atoms. The number of aromatic nitrogens is 2. The minimum Gasteiger partial charge on any atom is -0.462 e. The van der Waals surface area contributed by atoms with E-state index in [1.54, 1.807) is 31.2 Å². The average molecular weight is 410 g/mol. The zero-order chi connectivity index (χ0) is 20.9. The van der Waals surface area contributed by atoms with Crippen LogP contribution < -0.4 is 10.2 Å². The molecule has 1 saturated heterocycles. The number of fused-ring (bicyclic) bond motifs is 1. The van der Waals surface area contributed by atoms with Crippen LogP contribution in [-0.2, 0) is 27.1 Å². The van der Waals surface area contributed by atoms with Crippen LogP contribution in [-0.4, -0.2) is 54.8 Å². The molecule has 158 valence electrons. The van der Waals surface area contributed by atoms with Crippen molar-refractivity contribution in [3.8, 4) is 0 Å². The molecule has 8 heteroatoms. The highest BCUT2D eigenvalue weighted by molar-refractivity contribution is 5.94. The molecule has 2 aromatic rings. The van der Waals surface area contributed by atoms with Gasteiger partial charge in [-0.15, -0.1) is 0 Å². The third kappa shape index (κ3) is 4.59. The summed E-state index contributed by atoms with van der Waals surface area (Å²) in [6, 6.07) is 6.76. The summed E-state index contributed by atoms with van der Waals surface area (Å²) in [7, 11) is 0. The Hall–Kier alpha value is -3.00. The molecule has 1 aliphatic carbocycles. The minimum atomic E-state index is -0.365. The van der Waals surface area contributed by atoms with Crippen molar-refractivity contribution in [2.24, 2.45) is 5.92 Å². The maximum Gasteiger partial charge on any atom is 0.338 e. The molecule has 1 fully saturated rings. The van der Waals surface area contributed by atoms with Gasteiger partial charge >= 0.3 is 5.97 Å². The number of morpholine rings is 1. The van der Waals surface area contributed by atoms with Gasteiger partial charge in [-0.3, -0.25) is 4.79 Å². The van der Waals surface area contributed by atoms with E-state index >= 15 is 0 Å². The average Bonchev–Trinajstić information content (AvgIpc) is 2.79. The Bertz CT molecular complexity index is 910. The molecule has 2 aliphatic rings. The van der Waals surface area contributed by atoms with Crippen LogP contribution in [0, 0.1) is 5.92 Å². The van der Waals surface area contributed by atoms with Crippen molar-refractivity contribution in [2.45, 2.75) is 26.2 Å². The lowest BCUT2D eigenvalue weighted by Crippen LogP contribution is -2.38. The fourth-order valence-electron chi connectivity index (χ4n) is 3.78. The summed E-state index contributed by atoms with van der Waals surface area (Å²) >= 11 is 0. The zero-order valence-corrected chi connectivity index (χ0v) is 17.1. The number of carbonyl (C=O) groups excluding carboxylic acids is 2. The number of ether oxygens (including phenoxy) is 2. The molecule has 1 aromatic heterocycles. The summed E-state index contributed by atoms with van der Waals surface area (Å²) in [5, 5.41) is 2.95. The second-order valence-corrected chi connectivity index (χ2v) is 7.47. The molecule has 0 unspecified atom stereocenters. The van der Waals surface area contributed by atoms with Gasteiger partial charge in [-0.25, -0.2) is 14.8 Å². The van der Waals surface area contributed by atoms with E-state index in [0.717, 1.165) is 43.1 Å². The molecule has 1 atom stereocenters. The molecule has 8 nitrogen and oxygen atoms in total. The van der Waals surface area contributed by atoms with Crippen molar-refractivity contribution in [2.75, 3.05) is 43.1 Å². The SMILES string of the molecule is CCOC(=O)c1ccc(NC(=O)[C@@H]2CCc3nc(N4CCOCC4)ncc3C2)cc1. The number of esters is 1. The number of carbonyl (C=O) groups is 2. The molecular weight excluding hydrogens is 384 g/mol. The van der Waals surface area contributed by atoms with Crippen molar-refractivity contribution < 1.29 is 19.1 Å². The van der Waals surface area contributed by atoms with Crippen LogP contribution in [0.25, 0.3) is 0 Å². The topological polar surface area (TPSA) is 93.6 Å². The summed E-state index contributed by atoms with van der Waals surface area (Å²) in [5.74, 6) is 0.235. The van der Waals surface area contributed by atoms with E-state index in [1.807, 2.05) is 6.20 Å². The Morgan fingerprint density at radius 2 is 2.00 bits per heavy atom. The van der Waals surface area contributed by atoms with Crippen molar-refractivity contribution >= 4 is 23.5 Å². The molecule has 0 radical (unpaired) electrons. The highest BCUT2D eigenvalue weighted by Crippen LogP contribution is 2.26. The smallest absolute Gasteiger partial charge is 0.338 e. The fourth-order valence-corrected chi connectivity index (χ4v) is 3.78. The van der Waals surface area contributed by atoms with Gasteiger partial charge in [0.25, 0.3) is 0 Å². The highest BCUT2D eigenvalue weighted by Gasteiger charge is 2.27. The number of rotatable bonds is 5. The summed E-state index contributed by atoms with van der Waals surface area (Å²) in [4.78, 5) is 35.9. The molecule has 0 saturated carbocycles. The molecule has 30 heavy (non-hydrogen) atoms. The first-order valence-electron chi connectivity index (χ1n) is 10.4. The third-order valence-corrected chi connectivity index (χ3v) is 5.47. The van der Waals surface area contributed by atoms with Crippen LogP contribution in [0.5, 0.6) is 0 Å². The monoisotopic (exact) mass is 410 g/mol. The van der Waals surface area contributed by atoms with Gasteiger partial charge in [-0.2, -0.15) is 0 Å². The largest absolute Gasteiger partial charge is 0.462 e. The predicted molar refractivity (Wildman–Crippen MR) is 112 cm³/mol. The first-order chi connectivity index (χ1) is 14.6. The Morgan fingerprint density at radius 3 is 2.73 bits per heavy atom. The van der Waals surface area contributed by atoms with E-state index in [4.69, 9.17) is 14.5 Å². The summed E-state index contributed by atoms with van der Waals surface area (Å²) in [6.07, 6.45) is 4.00. The Labute approximate surface area is 175 Å². The Kier molecular flexibility index (Phi) is 6.23. The van der Waals surface area contributed by atoms with Gasteiger partial charge in [0, 0.05) is 36.6 Å². The Morgan fingerprint density at radius 1 is 1.23 bits per heavy atom. The van der Waals surface area contributed by atoms with Gasteiger partial charge in [-0.1, -0.05) is 0 Å². The number of aryl methyl sites for hydroxylation is 1. The number of hydrogen-bond acceptors (Lipinski definition) is 7. The second kappa shape index (κ2) is 9.21. The van der Waals surface area contributed by atoms with Gasteiger partial charge in [0.15, 0.2) is 0 Å². The van der Waals surface area contributed by atoms with Crippen LogP contribution >= 0.6 is 0 Å². The third-order valence-electron chi connectivity index (χ3n) is 5.47. The molecule has 1 aromatic carbocycles.